The van der Waals surface area contributed by atoms with Crippen molar-refractivity contribution >= 4 is 5.91 Å². The van der Waals surface area contributed by atoms with Crippen molar-refractivity contribution in [2.24, 2.45) is 0 Å². The van der Waals surface area contributed by atoms with Gasteiger partial charge in [-0.2, -0.15) is 4.98 Å². The van der Waals surface area contributed by atoms with E-state index >= 15 is 0 Å². The SMILES string of the molecule is CCc1nc([C@@H]2CCCN2C(=O)CCCOc2ccccc2F)no1. The predicted octanol–water partition coefficient (Wildman–Crippen LogP) is 3.29. The Kier molecular flexibility index (Phi) is 5.63. The van der Waals surface area contributed by atoms with Crippen LogP contribution in [-0.2, 0) is 11.2 Å². The minimum Gasteiger partial charge on any atom is -0.491 e. The highest BCUT2D eigenvalue weighted by atomic mass is 19.1. The molecule has 0 radical (unpaired) electrons. The molecule has 3 rings (SSSR count). The zero-order valence-corrected chi connectivity index (χ0v) is 14.3. The van der Waals surface area contributed by atoms with Crippen molar-refractivity contribution in [2.75, 3.05) is 13.2 Å². The van der Waals surface area contributed by atoms with Crippen molar-refractivity contribution in [1.29, 1.82) is 0 Å². The molecule has 1 fully saturated rings. The van der Waals surface area contributed by atoms with E-state index < -0.39 is 5.82 Å². The fraction of sp³-hybridized carbons (Fsp3) is 0.500. The molecule has 1 aliphatic rings. The number of aryl methyl sites for hydroxylation is 1. The number of para-hydroxylation sites is 1. The zero-order valence-electron chi connectivity index (χ0n) is 14.3. The highest BCUT2D eigenvalue weighted by Crippen LogP contribution is 2.30. The third kappa shape index (κ3) is 4.15. The van der Waals surface area contributed by atoms with E-state index in [0.717, 1.165) is 12.8 Å². The van der Waals surface area contributed by atoms with Crippen molar-refractivity contribution in [3.8, 4) is 5.75 Å². The number of benzene rings is 1. The molecule has 0 aliphatic carbocycles. The molecule has 134 valence electrons. The molecule has 1 amide bonds. The summed E-state index contributed by atoms with van der Waals surface area (Å²) < 4.78 is 24.0. The summed E-state index contributed by atoms with van der Waals surface area (Å²) in [7, 11) is 0. The standard InChI is InChI=1S/C18H22FN3O3/c1-2-16-20-18(21-25-16)14-8-5-11-22(14)17(23)10-6-12-24-15-9-4-3-7-13(15)19/h3-4,7,9,14H,2,5-6,8,10-12H2,1H3/t14-/m0/s1. The molecule has 0 unspecified atom stereocenters. The van der Waals surface area contributed by atoms with E-state index in [1.165, 1.54) is 6.07 Å². The third-order valence-corrected chi connectivity index (χ3v) is 4.29. The van der Waals surface area contributed by atoms with Crippen molar-refractivity contribution in [3.05, 3.63) is 41.8 Å². The normalized spacial score (nSPS) is 17.0. The fourth-order valence-corrected chi connectivity index (χ4v) is 2.99. The molecule has 0 spiro atoms. The summed E-state index contributed by atoms with van der Waals surface area (Å²) in [6, 6.07) is 6.15. The number of hydrogen-bond acceptors (Lipinski definition) is 5. The van der Waals surface area contributed by atoms with Crippen LogP contribution in [0.3, 0.4) is 0 Å². The quantitative estimate of drug-likeness (QED) is 0.719. The summed E-state index contributed by atoms with van der Waals surface area (Å²) in [5.41, 5.74) is 0. The second kappa shape index (κ2) is 8.09. The average molecular weight is 347 g/mol. The van der Waals surface area contributed by atoms with Gasteiger partial charge in [0.1, 0.15) is 0 Å². The lowest BCUT2D eigenvalue weighted by molar-refractivity contribution is -0.132. The number of rotatable bonds is 7. The van der Waals surface area contributed by atoms with Crippen molar-refractivity contribution in [2.45, 2.75) is 45.1 Å². The summed E-state index contributed by atoms with van der Waals surface area (Å²) in [5.74, 6) is 1.05. The molecule has 2 heterocycles. The van der Waals surface area contributed by atoms with Gasteiger partial charge in [0.05, 0.1) is 12.6 Å². The third-order valence-electron chi connectivity index (χ3n) is 4.29. The van der Waals surface area contributed by atoms with Crippen LogP contribution >= 0.6 is 0 Å². The molecule has 25 heavy (non-hydrogen) atoms. The highest BCUT2D eigenvalue weighted by Gasteiger charge is 2.32. The molecule has 1 atom stereocenters. The van der Waals surface area contributed by atoms with Crippen LogP contribution in [0.1, 0.15) is 50.4 Å². The number of halogens is 1. The molecular formula is C18H22FN3O3. The number of amides is 1. The van der Waals surface area contributed by atoms with Crippen LogP contribution in [0.5, 0.6) is 5.75 Å². The summed E-state index contributed by atoms with van der Waals surface area (Å²) in [6.07, 6.45) is 3.34. The number of hydrogen-bond donors (Lipinski definition) is 0. The van der Waals surface area contributed by atoms with E-state index in [2.05, 4.69) is 10.1 Å². The fourth-order valence-electron chi connectivity index (χ4n) is 2.99. The Bertz CT molecular complexity index is 719. The van der Waals surface area contributed by atoms with Crippen LogP contribution < -0.4 is 4.74 Å². The minimum atomic E-state index is -0.391. The monoisotopic (exact) mass is 347 g/mol. The molecule has 1 aromatic carbocycles. The number of ether oxygens (including phenoxy) is 1. The van der Waals surface area contributed by atoms with Gasteiger partial charge in [-0.05, 0) is 31.4 Å². The Morgan fingerprint density at radius 1 is 1.44 bits per heavy atom. The van der Waals surface area contributed by atoms with Crippen molar-refractivity contribution in [1.82, 2.24) is 15.0 Å². The van der Waals surface area contributed by atoms with Crippen molar-refractivity contribution in [3.63, 3.8) is 0 Å². The Hall–Kier alpha value is -2.44. The maximum Gasteiger partial charge on any atom is 0.226 e. The van der Waals surface area contributed by atoms with Gasteiger partial charge >= 0.3 is 0 Å². The molecule has 1 aromatic heterocycles. The zero-order chi connectivity index (χ0) is 17.6. The molecule has 0 bridgehead atoms. The Morgan fingerprint density at radius 2 is 2.28 bits per heavy atom. The van der Waals surface area contributed by atoms with Gasteiger partial charge in [-0.25, -0.2) is 4.39 Å². The Balaban J connectivity index is 1.49. The van der Waals surface area contributed by atoms with E-state index in [9.17, 15) is 9.18 Å². The molecular weight excluding hydrogens is 325 g/mol. The molecule has 1 aliphatic heterocycles. The summed E-state index contributed by atoms with van der Waals surface area (Å²) in [4.78, 5) is 18.7. The molecule has 0 saturated carbocycles. The maximum absolute atomic E-state index is 13.5. The highest BCUT2D eigenvalue weighted by molar-refractivity contribution is 5.76. The molecule has 1 saturated heterocycles. The van der Waals surface area contributed by atoms with Gasteiger partial charge in [0.25, 0.3) is 0 Å². The molecule has 0 N–H and O–H groups in total. The number of carbonyl (C=O) groups excluding carboxylic acids is 1. The van der Waals surface area contributed by atoms with Gasteiger partial charge in [-0.1, -0.05) is 24.2 Å². The van der Waals surface area contributed by atoms with Gasteiger partial charge < -0.3 is 14.2 Å². The topological polar surface area (TPSA) is 68.5 Å². The molecule has 7 heteroatoms. The number of nitrogens with zero attached hydrogens (tertiary/aromatic N) is 3. The van der Waals surface area contributed by atoms with Gasteiger partial charge in [0.2, 0.25) is 11.8 Å². The van der Waals surface area contributed by atoms with Crippen LogP contribution in [0, 0.1) is 5.82 Å². The van der Waals surface area contributed by atoms with Crippen LogP contribution in [0.4, 0.5) is 4.39 Å². The molecule has 2 aromatic rings. The smallest absolute Gasteiger partial charge is 0.226 e. The van der Waals surface area contributed by atoms with Gasteiger partial charge in [-0.15, -0.1) is 0 Å². The summed E-state index contributed by atoms with van der Waals surface area (Å²) >= 11 is 0. The first-order valence-electron chi connectivity index (χ1n) is 8.68. The van der Waals surface area contributed by atoms with E-state index in [4.69, 9.17) is 9.26 Å². The number of carbonyl (C=O) groups is 1. The largest absolute Gasteiger partial charge is 0.491 e. The Labute approximate surface area is 146 Å². The number of aromatic nitrogens is 2. The lowest BCUT2D eigenvalue weighted by Gasteiger charge is -2.22. The van der Waals surface area contributed by atoms with Gasteiger partial charge in [0.15, 0.2) is 17.4 Å². The van der Waals surface area contributed by atoms with E-state index in [1.807, 2.05) is 11.8 Å². The first-order valence-corrected chi connectivity index (χ1v) is 8.68. The van der Waals surface area contributed by atoms with Crippen LogP contribution in [0.2, 0.25) is 0 Å². The van der Waals surface area contributed by atoms with Gasteiger partial charge in [0, 0.05) is 19.4 Å². The second-order valence-electron chi connectivity index (χ2n) is 6.03. The second-order valence-corrected chi connectivity index (χ2v) is 6.03. The first kappa shape index (κ1) is 17.4. The minimum absolute atomic E-state index is 0.0440. The average Bonchev–Trinajstić information content (AvgIpc) is 3.28. The van der Waals surface area contributed by atoms with E-state index in [0.29, 0.717) is 44.1 Å². The van der Waals surface area contributed by atoms with E-state index in [-0.39, 0.29) is 17.7 Å². The van der Waals surface area contributed by atoms with Crippen molar-refractivity contribution < 1.29 is 18.4 Å². The van der Waals surface area contributed by atoms with Crippen LogP contribution in [-0.4, -0.2) is 34.1 Å². The maximum atomic E-state index is 13.5. The number of likely N-dealkylation sites (tertiary alicyclic amines) is 1. The lowest BCUT2D eigenvalue weighted by atomic mass is 10.2. The molecule has 6 nitrogen and oxygen atoms in total. The lowest BCUT2D eigenvalue weighted by Crippen LogP contribution is -2.31. The Morgan fingerprint density at radius 3 is 3.04 bits per heavy atom. The van der Waals surface area contributed by atoms with Crippen LogP contribution in [0.15, 0.2) is 28.8 Å². The summed E-state index contributed by atoms with van der Waals surface area (Å²) in [5, 5.41) is 4.00. The predicted molar refractivity (Wildman–Crippen MR) is 88.5 cm³/mol. The summed E-state index contributed by atoms with van der Waals surface area (Å²) in [6.45, 7) is 2.95. The van der Waals surface area contributed by atoms with Crippen LogP contribution in [0.25, 0.3) is 0 Å². The van der Waals surface area contributed by atoms with Gasteiger partial charge in [-0.3, -0.25) is 4.79 Å². The van der Waals surface area contributed by atoms with E-state index in [1.54, 1.807) is 18.2 Å². The first-order chi connectivity index (χ1) is 12.2.